The summed E-state index contributed by atoms with van der Waals surface area (Å²) >= 11 is 0. The predicted octanol–water partition coefficient (Wildman–Crippen LogP) is 3.05. The summed E-state index contributed by atoms with van der Waals surface area (Å²) in [7, 11) is 9.37. The first-order valence-corrected chi connectivity index (χ1v) is 23.4. The normalized spacial score (nSPS) is 13.5. The molecule has 18 heteroatoms. The Bertz CT molecular complexity index is 566. The highest BCUT2D eigenvalue weighted by molar-refractivity contribution is 6.61. The average Bonchev–Trinajstić information content (AvgIpc) is 3.09. The van der Waals surface area contributed by atoms with E-state index in [0.717, 1.165) is 95.5 Å². The van der Waals surface area contributed by atoms with E-state index >= 15 is 0 Å². The Balaban J connectivity index is 5.49. The van der Waals surface area contributed by atoms with Crippen molar-refractivity contribution in [3.05, 3.63) is 0 Å². The van der Waals surface area contributed by atoms with Gasteiger partial charge in [0.15, 0.2) is 0 Å². The van der Waals surface area contributed by atoms with E-state index in [0.29, 0.717) is 0 Å². The fraction of sp³-hybridized carbons (Fsp3) is 1.00. The van der Waals surface area contributed by atoms with Crippen molar-refractivity contribution in [1.29, 1.82) is 0 Å². The van der Waals surface area contributed by atoms with Gasteiger partial charge in [-0.1, -0.05) is 0 Å². The molecule has 0 aliphatic heterocycles. The quantitative estimate of drug-likeness (QED) is 0.0948. The minimum Gasteiger partial charge on any atom is -0.377 e. The first-order valence-electron chi connectivity index (χ1n) is 15.7. The minimum absolute atomic E-state index is 0.750. The zero-order chi connectivity index (χ0) is 34.2. The lowest BCUT2D eigenvalue weighted by Gasteiger charge is -2.30. The SMILES string of the molecule is CO[Si](CCCN(CCCN(CCC[Si](OC)(OC)OC)CCC[Si](OC)(OC)OC)CCC[Si](OC)(OC)OC)(OC)OC. The van der Waals surface area contributed by atoms with Crippen LogP contribution >= 0.6 is 0 Å². The van der Waals surface area contributed by atoms with E-state index in [1.807, 2.05) is 0 Å². The lowest BCUT2D eigenvalue weighted by Crippen LogP contribution is -2.44. The average molecular weight is 723 g/mol. The molecule has 0 bridgehead atoms. The number of hydrogen-bond acceptors (Lipinski definition) is 14. The first kappa shape index (κ1) is 45.3. The highest BCUT2D eigenvalue weighted by Crippen LogP contribution is 2.20. The Kier molecular flexibility index (Phi) is 25.5. The minimum atomic E-state index is -2.64. The van der Waals surface area contributed by atoms with Gasteiger partial charge in [0.25, 0.3) is 0 Å². The summed E-state index contributed by atoms with van der Waals surface area (Å²) in [6.45, 7) is 5.50. The van der Waals surface area contributed by atoms with E-state index in [9.17, 15) is 0 Å². The molecule has 0 radical (unpaired) electrons. The second-order valence-corrected chi connectivity index (χ2v) is 23.0. The van der Waals surface area contributed by atoms with Crippen molar-refractivity contribution in [1.82, 2.24) is 9.80 Å². The molecule has 0 N–H and O–H groups in total. The lowest BCUT2D eigenvalue weighted by atomic mass is 10.2. The van der Waals surface area contributed by atoms with Crippen LogP contribution in [0.1, 0.15) is 32.1 Å². The Morgan fingerprint density at radius 1 is 0.267 bits per heavy atom. The zero-order valence-electron chi connectivity index (χ0n) is 30.4. The number of hydrogen-bond donors (Lipinski definition) is 0. The van der Waals surface area contributed by atoms with Gasteiger partial charge in [0, 0.05) is 109 Å². The van der Waals surface area contributed by atoms with Gasteiger partial charge in [0.05, 0.1) is 0 Å². The molecule has 0 heterocycles. The van der Waals surface area contributed by atoms with Crippen LogP contribution < -0.4 is 0 Å². The van der Waals surface area contributed by atoms with Crippen LogP contribution in [0.25, 0.3) is 0 Å². The molecular formula is C27H66N2O12Si4. The summed E-state index contributed by atoms with van der Waals surface area (Å²) in [6.07, 6.45) is 4.63. The van der Waals surface area contributed by atoms with Crippen molar-refractivity contribution < 1.29 is 53.1 Å². The molecule has 45 heavy (non-hydrogen) atoms. The largest absolute Gasteiger partial charge is 0.500 e. The number of nitrogens with zero attached hydrogens (tertiary/aromatic N) is 2. The van der Waals surface area contributed by atoms with Crippen LogP contribution in [0.4, 0.5) is 0 Å². The molecular weight excluding hydrogens is 657 g/mol. The zero-order valence-corrected chi connectivity index (χ0v) is 34.4. The van der Waals surface area contributed by atoms with E-state index in [2.05, 4.69) is 9.80 Å². The Morgan fingerprint density at radius 2 is 0.422 bits per heavy atom. The molecule has 14 nitrogen and oxygen atoms in total. The van der Waals surface area contributed by atoms with E-state index in [-0.39, 0.29) is 0 Å². The van der Waals surface area contributed by atoms with Gasteiger partial charge in [-0.05, 0) is 71.4 Å². The Morgan fingerprint density at radius 3 is 0.578 bits per heavy atom. The van der Waals surface area contributed by atoms with Crippen LogP contribution in [-0.2, 0) is 53.1 Å². The van der Waals surface area contributed by atoms with Crippen molar-refractivity contribution in [2.45, 2.75) is 56.3 Å². The molecule has 272 valence electrons. The van der Waals surface area contributed by atoms with Gasteiger partial charge in [0.1, 0.15) is 0 Å². The maximum absolute atomic E-state index is 5.65. The lowest BCUT2D eigenvalue weighted by molar-refractivity contribution is 0.119. The summed E-state index contributed by atoms with van der Waals surface area (Å²) in [4.78, 5) is 4.99. The summed E-state index contributed by atoms with van der Waals surface area (Å²) in [6, 6.07) is 3.00. The summed E-state index contributed by atoms with van der Waals surface area (Å²) in [5, 5.41) is 0. The fourth-order valence-electron chi connectivity index (χ4n) is 5.49. The van der Waals surface area contributed by atoms with Crippen LogP contribution in [0.5, 0.6) is 0 Å². The smallest absolute Gasteiger partial charge is 0.377 e. The van der Waals surface area contributed by atoms with Gasteiger partial charge in [-0.25, -0.2) is 0 Å². The van der Waals surface area contributed by atoms with E-state index < -0.39 is 35.2 Å². The van der Waals surface area contributed by atoms with Crippen LogP contribution in [-0.4, -0.2) is 170 Å². The fourth-order valence-corrected chi connectivity index (χ4v) is 12.3. The molecule has 0 rings (SSSR count). The third kappa shape index (κ3) is 16.0. The third-order valence-electron chi connectivity index (χ3n) is 8.51. The molecule has 0 aromatic rings. The van der Waals surface area contributed by atoms with Crippen LogP contribution in [0.2, 0.25) is 24.2 Å². The Labute approximate surface area is 278 Å². The molecule has 0 saturated heterocycles. The Hall–Kier alpha value is 0.308. The van der Waals surface area contributed by atoms with Crippen molar-refractivity contribution >= 4 is 35.2 Å². The van der Waals surface area contributed by atoms with Crippen LogP contribution in [0, 0.1) is 0 Å². The molecule has 0 aliphatic carbocycles. The van der Waals surface area contributed by atoms with Crippen LogP contribution in [0.15, 0.2) is 0 Å². The molecule has 0 aromatic carbocycles. The van der Waals surface area contributed by atoms with Gasteiger partial charge in [0.2, 0.25) is 0 Å². The number of rotatable bonds is 32. The van der Waals surface area contributed by atoms with Crippen molar-refractivity contribution in [3.63, 3.8) is 0 Å². The molecule has 0 amide bonds. The van der Waals surface area contributed by atoms with Gasteiger partial charge in [-0.3, -0.25) is 0 Å². The highest BCUT2D eigenvalue weighted by atomic mass is 28.4. The van der Waals surface area contributed by atoms with Crippen molar-refractivity contribution in [3.8, 4) is 0 Å². The summed E-state index contributed by atoms with van der Waals surface area (Å²) < 4.78 is 67.8. The highest BCUT2D eigenvalue weighted by Gasteiger charge is 2.40. The van der Waals surface area contributed by atoms with Crippen molar-refractivity contribution in [2.24, 2.45) is 0 Å². The summed E-state index contributed by atoms with van der Waals surface area (Å²) in [5.74, 6) is 0. The second kappa shape index (κ2) is 25.3. The van der Waals surface area contributed by atoms with Gasteiger partial charge < -0.3 is 62.9 Å². The van der Waals surface area contributed by atoms with E-state index in [1.165, 1.54) is 0 Å². The topological polar surface area (TPSA) is 117 Å². The predicted molar refractivity (Wildman–Crippen MR) is 182 cm³/mol. The molecule has 0 unspecified atom stereocenters. The van der Waals surface area contributed by atoms with E-state index in [4.69, 9.17) is 53.1 Å². The second-order valence-electron chi connectivity index (χ2n) is 10.6. The van der Waals surface area contributed by atoms with Gasteiger partial charge in [-0.15, -0.1) is 0 Å². The maximum Gasteiger partial charge on any atom is 0.500 e. The molecule has 0 saturated carbocycles. The van der Waals surface area contributed by atoms with Gasteiger partial charge in [-0.2, -0.15) is 0 Å². The van der Waals surface area contributed by atoms with Crippen molar-refractivity contribution in [2.75, 3.05) is 125 Å². The molecule has 0 aromatic heterocycles. The summed E-state index contributed by atoms with van der Waals surface area (Å²) in [5.41, 5.74) is 0. The maximum atomic E-state index is 5.65. The molecule has 0 atom stereocenters. The standard InChI is InChI=1S/C27H66N2O12Si4/c1-30-42(31-2,32-3)24-14-20-28(21-15-25-43(33-4,34-5)35-6)18-13-19-29(22-16-26-44(36-7,37-8)38-9)23-17-27-45(39-10,40-11)41-12/h13-27H2,1-12H3. The van der Waals surface area contributed by atoms with Crippen LogP contribution in [0.3, 0.4) is 0 Å². The molecule has 0 aliphatic rings. The molecule has 0 fully saturated rings. The third-order valence-corrected chi connectivity index (χ3v) is 19.8. The monoisotopic (exact) mass is 722 g/mol. The van der Waals surface area contributed by atoms with Gasteiger partial charge >= 0.3 is 35.2 Å². The first-order chi connectivity index (χ1) is 21.6. The molecule has 0 spiro atoms. The van der Waals surface area contributed by atoms with E-state index in [1.54, 1.807) is 85.3 Å².